The van der Waals surface area contributed by atoms with Crippen LogP contribution in [0.2, 0.25) is 0 Å². The number of nitrogens with zero attached hydrogens (tertiary/aromatic N) is 5. The molecule has 134 valence electrons. The number of rotatable bonds is 5. The molecule has 10 heteroatoms. The lowest BCUT2D eigenvalue weighted by atomic mass is 10.3. The molecule has 3 aromatic rings. The fourth-order valence-corrected chi connectivity index (χ4v) is 2.34. The zero-order valence-electron chi connectivity index (χ0n) is 14.1. The van der Waals surface area contributed by atoms with E-state index in [2.05, 4.69) is 25.0 Å². The Morgan fingerprint density at radius 3 is 2.88 bits per heavy atom. The number of aromatic nitrogens is 4. The number of aromatic hydroxyl groups is 1. The molecule has 26 heavy (non-hydrogen) atoms. The van der Waals surface area contributed by atoms with Crippen LogP contribution in [0.4, 0.5) is 11.6 Å². The Balaban J connectivity index is 1.94. The number of amides is 1. The van der Waals surface area contributed by atoms with Crippen LogP contribution >= 0.6 is 0 Å². The highest BCUT2D eigenvalue weighted by Crippen LogP contribution is 2.17. The maximum atomic E-state index is 12.3. The van der Waals surface area contributed by atoms with Crippen molar-refractivity contribution in [2.75, 3.05) is 17.3 Å². The van der Waals surface area contributed by atoms with Crippen LogP contribution in [-0.4, -0.2) is 37.8 Å². The number of anilines is 2. The van der Waals surface area contributed by atoms with Gasteiger partial charge in [-0.3, -0.25) is 19.1 Å². The molecule has 0 fully saturated rings. The number of hydrogen-bond acceptors (Lipinski definition) is 8. The lowest BCUT2D eigenvalue weighted by Gasteiger charge is -2.21. The summed E-state index contributed by atoms with van der Waals surface area (Å²) in [7, 11) is 3.16. The SMILES string of the molecule is CN(Cc1ccccn1)c1nc(C(=O)Nc2cnoc2)c(O)c(=O)n1C. The molecule has 1 amide bonds. The van der Waals surface area contributed by atoms with Gasteiger partial charge in [0.05, 0.1) is 18.4 Å². The monoisotopic (exact) mass is 356 g/mol. The molecule has 3 rings (SSSR count). The Bertz CT molecular complexity index is 968. The maximum absolute atomic E-state index is 12.3. The van der Waals surface area contributed by atoms with Crippen molar-refractivity contribution in [1.82, 2.24) is 19.7 Å². The molecule has 0 aliphatic carbocycles. The first kappa shape index (κ1) is 17.1. The molecule has 3 heterocycles. The Hall–Kier alpha value is -3.69. The molecule has 0 spiro atoms. The molecular formula is C16H16N6O4. The van der Waals surface area contributed by atoms with Crippen molar-refractivity contribution in [3.63, 3.8) is 0 Å². The molecule has 0 aliphatic rings. The van der Waals surface area contributed by atoms with Gasteiger partial charge >= 0.3 is 0 Å². The number of nitrogens with one attached hydrogen (secondary N) is 1. The number of pyridine rings is 1. The first-order valence-corrected chi connectivity index (χ1v) is 7.59. The van der Waals surface area contributed by atoms with Gasteiger partial charge in [0.15, 0.2) is 5.69 Å². The second-order valence-corrected chi connectivity index (χ2v) is 5.52. The highest BCUT2D eigenvalue weighted by atomic mass is 16.5. The minimum absolute atomic E-state index is 0.203. The molecule has 0 unspecified atom stereocenters. The van der Waals surface area contributed by atoms with Gasteiger partial charge in [-0.25, -0.2) is 4.98 Å². The van der Waals surface area contributed by atoms with Gasteiger partial charge in [-0.1, -0.05) is 11.2 Å². The summed E-state index contributed by atoms with van der Waals surface area (Å²) >= 11 is 0. The standard InChI is InChI=1S/C16H16N6O4/c1-21(8-10-5-3-4-6-17-10)16-20-12(13(23)15(25)22(16)2)14(24)19-11-7-18-26-9-11/h3-7,9,23H,8H2,1-2H3,(H,19,24). The zero-order valence-corrected chi connectivity index (χ0v) is 14.1. The third-order valence-electron chi connectivity index (χ3n) is 3.62. The van der Waals surface area contributed by atoms with Gasteiger partial charge in [0.1, 0.15) is 12.0 Å². The summed E-state index contributed by atoms with van der Waals surface area (Å²) in [5.41, 5.74) is -0.0939. The molecule has 0 aromatic carbocycles. The average molecular weight is 356 g/mol. The molecule has 0 radical (unpaired) electrons. The fourth-order valence-electron chi connectivity index (χ4n) is 2.34. The molecule has 0 aliphatic heterocycles. The Morgan fingerprint density at radius 1 is 1.42 bits per heavy atom. The van der Waals surface area contributed by atoms with E-state index in [1.54, 1.807) is 24.2 Å². The van der Waals surface area contributed by atoms with E-state index in [0.717, 1.165) is 10.3 Å². The van der Waals surface area contributed by atoms with Crippen LogP contribution in [0, 0.1) is 0 Å². The number of carbonyl (C=O) groups is 1. The normalized spacial score (nSPS) is 10.5. The second-order valence-electron chi connectivity index (χ2n) is 5.52. The molecule has 0 bridgehead atoms. The van der Waals surface area contributed by atoms with Crippen LogP contribution in [-0.2, 0) is 13.6 Å². The zero-order chi connectivity index (χ0) is 18.7. The number of hydrogen-bond donors (Lipinski definition) is 2. The van der Waals surface area contributed by atoms with Gasteiger partial charge in [0.25, 0.3) is 11.5 Å². The van der Waals surface area contributed by atoms with Gasteiger partial charge in [-0.05, 0) is 12.1 Å². The highest BCUT2D eigenvalue weighted by molar-refractivity contribution is 6.04. The average Bonchev–Trinajstić information content (AvgIpc) is 3.13. The van der Waals surface area contributed by atoms with Gasteiger partial charge in [-0.2, -0.15) is 0 Å². The predicted octanol–water partition coefficient (Wildman–Crippen LogP) is 0.758. The van der Waals surface area contributed by atoms with Crippen LogP contribution in [0.5, 0.6) is 5.75 Å². The minimum Gasteiger partial charge on any atom is -0.501 e. The van der Waals surface area contributed by atoms with Crippen LogP contribution in [0.15, 0.2) is 46.2 Å². The summed E-state index contributed by atoms with van der Waals surface area (Å²) in [5.74, 6) is -1.29. The van der Waals surface area contributed by atoms with E-state index in [1.165, 1.54) is 19.5 Å². The van der Waals surface area contributed by atoms with Crippen molar-refractivity contribution in [2.45, 2.75) is 6.54 Å². The van der Waals surface area contributed by atoms with Crippen LogP contribution < -0.4 is 15.8 Å². The molecule has 0 atom stereocenters. The molecule has 0 saturated heterocycles. The van der Waals surface area contributed by atoms with Crippen LogP contribution in [0.1, 0.15) is 16.2 Å². The van der Waals surface area contributed by atoms with E-state index in [0.29, 0.717) is 6.54 Å². The summed E-state index contributed by atoms with van der Waals surface area (Å²) < 4.78 is 5.79. The van der Waals surface area contributed by atoms with Crippen LogP contribution in [0.3, 0.4) is 0 Å². The lowest BCUT2D eigenvalue weighted by Crippen LogP contribution is -2.31. The van der Waals surface area contributed by atoms with Gasteiger partial charge in [-0.15, -0.1) is 0 Å². The van der Waals surface area contributed by atoms with E-state index in [1.807, 2.05) is 12.1 Å². The Morgan fingerprint density at radius 2 is 2.23 bits per heavy atom. The summed E-state index contributed by atoms with van der Waals surface area (Å²) in [4.78, 5) is 34.7. The largest absolute Gasteiger partial charge is 0.501 e. The molecular weight excluding hydrogens is 340 g/mol. The third-order valence-corrected chi connectivity index (χ3v) is 3.62. The van der Waals surface area contributed by atoms with Crippen LogP contribution in [0.25, 0.3) is 0 Å². The third kappa shape index (κ3) is 3.38. The fraction of sp³-hybridized carbons (Fsp3) is 0.188. The van der Waals surface area contributed by atoms with E-state index in [4.69, 9.17) is 0 Å². The van der Waals surface area contributed by atoms with E-state index >= 15 is 0 Å². The summed E-state index contributed by atoms with van der Waals surface area (Å²) in [6, 6.07) is 5.47. The van der Waals surface area contributed by atoms with E-state index in [-0.39, 0.29) is 11.6 Å². The van der Waals surface area contributed by atoms with Crippen molar-refractivity contribution in [1.29, 1.82) is 0 Å². The number of carbonyl (C=O) groups excluding carboxylic acids is 1. The van der Waals surface area contributed by atoms with Crippen molar-refractivity contribution in [3.05, 3.63) is 58.6 Å². The Kier molecular flexibility index (Phi) is 4.65. The summed E-state index contributed by atoms with van der Waals surface area (Å²) in [6.45, 7) is 0.360. The molecule has 2 N–H and O–H groups in total. The molecule has 10 nitrogen and oxygen atoms in total. The first-order valence-electron chi connectivity index (χ1n) is 7.59. The van der Waals surface area contributed by atoms with Crippen molar-refractivity contribution < 1.29 is 14.4 Å². The van der Waals surface area contributed by atoms with Gasteiger partial charge in [0.2, 0.25) is 11.7 Å². The maximum Gasteiger partial charge on any atom is 0.297 e. The van der Waals surface area contributed by atoms with E-state index < -0.39 is 22.9 Å². The highest BCUT2D eigenvalue weighted by Gasteiger charge is 2.22. The smallest absolute Gasteiger partial charge is 0.297 e. The molecule has 0 saturated carbocycles. The first-order chi connectivity index (χ1) is 12.5. The summed E-state index contributed by atoms with van der Waals surface area (Å²) in [5, 5.41) is 16.0. The lowest BCUT2D eigenvalue weighted by molar-refractivity contribution is 0.101. The quantitative estimate of drug-likeness (QED) is 0.686. The minimum atomic E-state index is -0.754. The molecule has 3 aromatic heterocycles. The predicted molar refractivity (Wildman–Crippen MR) is 91.9 cm³/mol. The van der Waals surface area contributed by atoms with Gasteiger partial charge < -0.3 is 19.8 Å². The van der Waals surface area contributed by atoms with Crippen molar-refractivity contribution in [2.24, 2.45) is 7.05 Å². The van der Waals surface area contributed by atoms with Gasteiger partial charge in [0, 0.05) is 20.3 Å². The Labute approximate surface area is 147 Å². The van der Waals surface area contributed by atoms with E-state index in [9.17, 15) is 14.7 Å². The van der Waals surface area contributed by atoms with Crippen molar-refractivity contribution in [3.8, 4) is 5.75 Å². The van der Waals surface area contributed by atoms with Crippen molar-refractivity contribution >= 4 is 17.5 Å². The topological polar surface area (TPSA) is 126 Å². The second kappa shape index (κ2) is 7.05. The summed E-state index contributed by atoms with van der Waals surface area (Å²) in [6.07, 6.45) is 4.15.